The minimum atomic E-state index is 0.802. The van der Waals surface area contributed by atoms with Crippen molar-refractivity contribution in [3.63, 3.8) is 0 Å². The van der Waals surface area contributed by atoms with E-state index >= 15 is 0 Å². The number of benzene rings is 1. The van der Waals surface area contributed by atoms with Crippen LogP contribution in [0.2, 0.25) is 0 Å². The Morgan fingerprint density at radius 2 is 2.19 bits per heavy atom. The van der Waals surface area contributed by atoms with Gasteiger partial charge in [-0.15, -0.1) is 0 Å². The molecule has 0 aliphatic carbocycles. The average molecular weight is 277 g/mol. The molecule has 0 saturated heterocycles. The number of pyridine rings is 1. The van der Waals surface area contributed by atoms with Crippen LogP contribution >= 0.6 is 15.9 Å². The van der Waals surface area contributed by atoms with Crippen molar-refractivity contribution < 1.29 is 0 Å². The van der Waals surface area contributed by atoms with E-state index in [1.54, 1.807) is 6.20 Å². The number of rotatable bonds is 3. The number of nitrogens with zero attached hydrogens (tertiary/aromatic N) is 1. The molecule has 1 N–H and O–H groups in total. The van der Waals surface area contributed by atoms with Gasteiger partial charge in [0.05, 0.1) is 0 Å². The summed E-state index contributed by atoms with van der Waals surface area (Å²) >= 11 is 3.45. The Hall–Kier alpha value is -1.35. The van der Waals surface area contributed by atoms with Crippen molar-refractivity contribution in [1.82, 2.24) is 4.98 Å². The smallest absolute Gasteiger partial charge is 0.0416 e. The van der Waals surface area contributed by atoms with Gasteiger partial charge in [-0.3, -0.25) is 4.98 Å². The monoisotopic (exact) mass is 276 g/mol. The third-order valence-electron chi connectivity index (χ3n) is 2.39. The highest BCUT2D eigenvalue weighted by atomic mass is 79.9. The maximum Gasteiger partial charge on any atom is 0.0416 e. The zero-order valence-corrected chi connectivity index (χ0v) is 10.7. The fourth-order valence-corrected chi connectivity index (χ4v) is 2.00. The maximum atomic E-state index is 4.09. The van der Waals surface area contributed by atoms with Crippen molar-refractivity contribution in [1.29, 1.82) is 0 Å². The first kappa shape index (κ1) is 11.1. The second-order valence-electron chi connectivity index (χ2n) is 3.67. The summed E-state index contributed by atoms with van der Waals surface area (Å²) in [5, 5.41) is 3.40. The number of halogens is 1. The van der Waals surface area contributed by atoms with Gasteiger partial charge in [-0.2, -0.15) is 0 Å². The highest BCUT2D eigenvalue weighted by molar-refractivity contribution is 9.10. The molecular formula is C13H13BrN2. The molecule has 0 unspecified atom stereocenters. The first-order valence-corrected chi connectivity index (χ1v) is 5.94. The highest BCUT2D eigenvalue weighted by Gasteiger charge is 1.98. The molecule has 2 rings (SSSR count). The van der Waals surface area contributed by atoms with Gasteiger partial charge < -0.3 is 5.32 Å². The second-order valence-corrected chi connectivity index (χ2v) is 4.59. The summed E-state index contributed by atoms with van der Waals surface area (Å²) in [7, 11) is 0. The number of aryl methyl sites for hydroxylation is 1. The van der Waals surface area contributed by atoms with Crippen molar-refractivity contribution in [2.75, 3.05) is 5.32 Å². The minimum absolute atomic E-state index is 0.802. The molecule has 0 atom stereocenters. The Morgan fingerprint density at radius 3 is 2.88 bits per heavy atom. The van der Waals surface area contributed by atoms with E-state index in [-0.39, 0.29) is 0 Å². The van der Waals surface area contributed by atoms with Crippen LogP contribution < -0.4 is 5.32 Å². The van der Waals surface area contributed by atoms with E-state index < -0.39 is 0 Å². The first-order valence-electron chi connectivity index (χ1n) is 5.14. The Labute approximate surface area is 104 Å². The molecule has 82 valence electrons. The van der Waals surface area contributed by atoms with Crippen molar-refractivity contribution in [2.24, 2.45) is 0 Å². The fourth-order valence-electron chi connectivity index (χ4n) is 1.53. The van der Waals surface area contributed by atoms with E-state index in [4.69, 9.17) is 0 Å². The third-order valence-corrected chi connectivity index (χ3v) is 2.89. The molecule has 3 heteroatoms. The number of anilines is 1. The Balaban J connectivity index is 2.05. The largest absolute Gasteiger partial charge is 0.381 e. The SMILES string of the molecule is Cc1cc(Br)ccc1NCc1cccnc1. The molecule has 2 aromatic rings. The van der Waals surface area contributed by atoms with Crippen LogP contribution in [0, 0.1) is 6.92 Å². The Kier molecular flexibility index (Phi) is 3.57. The Bertz CT molecular complexity index is 469. The lowest BCUT2D eigenvalue weighted by molar-refractivity contribution is 1.11. The molecular weight excluding hydrogens is 264 g/mol. The number of aromatic nitrogens is 1. The lowest BCUT2D eigenvalue weighted by Crippen LogP contribution is -2.01. The normalized spacial score (nSPS) is 10.1. The van der Waals surface area contributed by atoms with Gasteiger partial charge in [0.2, 0.25) is 0 Å². The summed E-state index contributed by atoms with van der Waals surface area (Å²) in [6.45, 7) is 2.90. The molecule has 0 radical (unpaired) electrons. The van der Waals surface area contributed by atoms with E-state index in [9.17, 15) is 0 Å². The van der Waals surface area contributed by atoms with Crippen molar-refractivity contribution in [3.05, 3.63) is 58.3 Å². The van der Waals surface area contributed by atoms with Crippen LogP contribution in [0.15, 0.2) is 47.2 Å². The van der Waals surface area contributed by atoms with Gasteiger partial charge in [0.15, 0.2) is 0 Å². The molecule has 0 bridgehead atoms. The molecule has 1 aromatic heterocycles. The average Bonchev–Trinajstić information content (AvgIpc) is 2.29. The van der Waals surface area contributed by atoms with Crippen molar-refractivity contribution >= 4 is 21.6 Å². The molecule has 0 fully saturated rings. The lowest BCUT2D eigenvalue weighted by atomic mass is 10.2. The molecule has 1 heterocycles. The van der Waals surface area contributed by atoms with Crippen molar-refractivity contribution in [2.45, 2.75) is 13.5 Å². The molecule has 0 aliphatic heterocycles. The summed E-state index contributed by atoms with van der Waals surface area (Å²) < 4.78 is 1.11. The first-order chi connectivity index (χ1) is 7.75. The zero-order chi connectivity index (χ0) is 11.4. The number of nitrogens with one attached hydrogen (secondary N) is 1. The van der Waals surface area contributed by atoms with Crippen LogP contribution in [0.4, 0.5) is 5.69 Å². The molecule has 2 nitrogen and oxygen atoms in total. The summed E-state index contributed by atoms with van der Waals surface area (Å²) in [5.41, 5.74) is 3.58. The summed E-state index contributed by atoms with van der Waals surface area (Å²) in [6.07, 6.45) is 3.66. The van der Waals surface area contributed by atoms with E-state index in [0.29, 0.717) is 0 Å². The van der Waals surface area contributed by atoms with E-state index in [2.05, 4.69) is 51.4 Å². The van der Waals surface area contributed by atoms with Crippen molar-refractivity contribution in [3.8, 4) is 0 Å². The Morgan fingerprint density at radius 1 is 1.31 bits per heavy atom. The molecule has 1 aromatic carbocycles. The lowest BCUT2D eigenvalue weighted by Gasteiger charge is -2.09. The summed E-state index contributed by atoms with van der Waals surface area (Å²) in [6, 6.07) is 10.2. The summed E-state index contributed by atoms with van der Waals surface area (Å²) in [5.74, 6) is 0. The quantitative estimate of drug-likeness (QED) is 0.923. The van der Waals surface area contributed by atoms with Gasteiger partial charge in [0.25, 0.3) is 0 Å². The molecule has 0 aliphatic rings. The predicted molar refractivity (Wildman–Crippen MR) is 70.4 cm³/mol. The fraction of sp³-hybridized carbons (Fsp3) is 0.154. The topological polar surface area (TPSA) is 24.9 Å². The van der Waals surface area contributed by atoms with Crippen LogP contribution in [0.3, 0.4) is 0 Å². The van der Waals surface area contributed by atoms with Gasteiger partial charge >= 0.3 is 0 Å². The maximum absolute atomic E-state index is 4.09. The van der Waals surface area contributed by atoms with Crippen LogP contribution in [-0.4, -0.2) is 4.98 Å². The third kappa shape index (κ3) is 2.83. The van der Waals surface area contributed by atoms with Crippen LogP contribution in [0.1, 0.15) is 11.1 Å². The highest BCUT2D eigenvalue weighted by Crippen LogP contribution is 2.20. The van der Waals surface area contributed by atoms with Gasteiger partial charge in [0, 0.05) is 29.1 Å². The van der Waals surface area contributed by atoms with E-state index in [1.807, 2.05) is 18.3 Å². The minimum Gasteiger partial charge on any atom is -0.381 e. The van der Waals surface area contributed by atoms with Gasteiger partial charge in [0.1, 0.15) is 0 Å². The van der Waals surface area contributed by atoms with Crippen LogP contribution in [-0.2, 0) is 6.54 Å². The number of hydrogen-bond acceptors (Lipinski definition) is 2. The second kappa shape index (κ2) is 5.12. The van der Waals surface area contributed by atoms with Gasteiger partial charge in [-0.05, 0) is 42.3 Å². The molecule has 16 heavy (non-hydrogen) atoms. The van der Waals surface area contributed by atoms with Crippen LogP contribution in [0.25, 0.3) is 0 Å². The van der Waals surface area contributed by atoms with Gasteiger partial charge in [-0.25, -0.2) is 0 Å². The predicted octanol–water partition coefficient (Wildman–Crippen LogP) is 3.76. The molecule has 0 saturated carbocycles. The summed E-state index contributed by atoms with van der Waals surface area (Å²) in [4.78, 5) is 4.09. The zero-order valence-electron chi connectivity index (χ0n) is 9.07. The van der Waals surface area contributed by atoms with E-state index in [1.165, 1.54) is 11.1 Å². The molecule has 0 spiro atoms. The molecule has 0 amide bonds. The van der Waals surface area contributed by atoms with Gasteiger partial charge in [-0.1, -0.05) is 22.0 Å². The standard InChI is InChI=1S/C13H13BrN2/c1-10-7-12(14)4-5-13(10)16-9-11-3-2-6-15-8-11/h2-8,16H,9H2,1H3. The van der Waals surface area contributed by atoms with Crippen LogP contribution in [0.5, 0.6) is 0 Å². The van der Waals surface area contributed by atoms with E-state index in [0.717, 1.165) is 16.7 Å². The number of hydrogen-bond donors (Lipinski definition) is 1.